The van der Waals surface area contributed by atoms with Crippen LogP contribution in [0.3, 0.4) is 0 Å². The molecule has 19 heavy (non-hydrogen) atoms. The van der Waals surface area contributed by atoms with E-state index in [-0.39, 0.29) is 0 Å². The average Bonchev–Trinajstić information content (AvgIpc) is 2.41. The van der Waals surface area contributed by atoms with Gasteiger partial charge in [0.25, 0.3) is 0 Å². The van der Waals surface area contributed by atoms with Crippen LogP contribution >= 0.6 is 0 Å². The van der Waals surface area contributed by atoms with Gasteiger partial charge in [0.2, 0.25) is 0 Å². The zero-order chi connectivity index (χ0) is 14.0. The van der Waals surface area contributed by atoms with Crippen LogP contribution in [-0.4, -0.2) is 11.5 Å². The summed E-state index contributed by atoms with van der Waals surface area (Å²) in [6, 6.07) is 4.40. The van der Waals surface area contributed by atoms with Gasteiger partial charge < -0.3 is 5.32 Å². The highest BCUT2D eigenvalue weighted by Gasteiger charge is 2.12. The Hall–Kier alpha value is -1.57. The molecular weight excluding hydrogens is 232 g/mol. The van der Waals surface area contributed by atoms with Crippen molar-refractivity contribution in [3.8, 4) is 0 Å². The Kier molecular flexibility index (Phi) is 4.08. The summed E-state index contributed by atoms with van der Waals surface area (Å²) in [6.45, 7) is 11.9. The van der Waals surface area contributed by atoms with E-state index >= 15 is 0 Å². The summed E-state index contributed by atoms with van der Waals surface area (Å²) < 4.78 is 0. The maximum atomic E-state index is 4.88. The van der Waals surface area contributed by atoms with Crippen LogP contribution in [0.2, 0.25) is 0 Å². The van der Waals surface area contributed by atoms with E-state index in [2.05, 4.69) is 52.1 Å². The summed E-state index contributed by atoms with van der Waals surface area (Å²) in [5, 5.41) is 4.84. The van der Waals surface area contributed by atoms with E-state index in [0.29, 0.717) is 0 Å². The van der Waals surface area contributed by atoms with Crippen LogP contribution in [0.15, 0.2) is 12.1 Å². The number of hydrogen-bond donors (Lipinski definition) is 1. The number of pyridine rings is 1. The average molecular weight is 256 g/mol. The Balaban J connectivity index is 2.75. The van der Waals surface area contributed by atoms with E-state index in [9.17, 15) is 0 Å². The third kappa shape index (κ3) is 2.44. The van der Waals surface area contributed by atoms with Gasteiger partial charge in [-0.15, -0.1) is 0 Å². The molecule has 0 saturated heterocycles. The molecule has 0 spiro atoms. The molecule has 1 N–H and O–H groups in total. The molecule has 0 aliphatic carbocycles. The van der Waals surface area contributed by atoms with Crippen LogP contribution < -0.4 is 5.32 Å². The summed E-state index contributed by atoms with van der Waals surface area (Å²) >= 11 is 0. The van der Waals surface area contributed by atoms with E-state index in [4.69, 9.17) is 4.98 Å². The van der Waals surface area contributed by atoms with Gasteiger partial charge in [-0.3, -0.25) is 4.98 Å². The number of nitrogens with one attached hydrogen (secondary N) is 1. The van der Waals surface area contributed by atoms with Gasteiger partial charge in [0.05, 0.1) is 5.52 Å². The van der Waals surface area contributed by atoms with Gasteiger partial charge >= 0.3 is 0 Å². The largest absolute Gasteiger partial charge is 0.384 e. The molecule has 0 unspecified atom stereocenters. The third-order valence-corrected chi connectivity index (χ3v) is 3.91. The van der Waals surface area contributed by atoms with Gasteiger partial charge in [-0.05, 0) is 50.3 Å². The van der Waals surface area contributed by atoms with Gasteiger partial charge in [0.15, 0.2) is 0 Å². The van der Waals surface area contributed by atoms with Gasteiger partial charge in [0.1, 0.15) is 0 Å². The molecular formula is C17H24N2. The van der Waals surface area contributed by atoms with Crippen LogP contribution in [0.1, 0.15) is 42.7 Å². The summed E-state index contributed by atoms with van der Waals surface area (Å²) in [5.41, 5.74) is 7.54. The highest BCUT2D eigenvalue weighted by Crippen LogP contribution is 2.31. The summed E-state index contributed by atoms with van der Waals surface area (Å²) in [5.74, 6) is 0. The summed E-state index contributed by atoms with van der Waals surface area (Å²) in [6.07, 6.45) is 2.12. The first-order valence-electron chi connectivity index (χ1n) is 7.23. The van der Waals surface area contributed by atoms with E-state index in [1.54, 1.807) is 0 Å². The Morgan fingerprint density at radius 2 is 1.79 bits per heavy atom. The van der Waals surface area contributed by atoms with Crippen LogP contribution in [0.4, 0.5) is 5.69 Å². The highest BCUT2D eigenvalue weighted by molar-refractivity contribution is 5.95. The lowest BCUT2D eigenvalue weighted by atomic mass is 10.00. The number of aryl methyl sites for hydroxylation is 3. The van der Waals surface area contributed by atoms with Gasteiger partial charge in [-0.25, -0.2) is 0 Å². The van der Waals surface area contributed by atoms with Gasteiger partial charge in [-0.2, -0.15) is 0 Å². The normalized spacial score (nSPS) is 11.0. The lowest BCUT2D eigenvalue weighted by Gasteiger charge is -2.17. The van der Waals surface area contributed by atoms with Crippen molar-refractivity contribution < 1.29 is 0 Å². The van der Waals surface area contributed by atoms with Crippen LogP contribution in [0.25, 0.3) is 10.9 Å². The molecule has 2 heteroatoms. The van der Waals surface area contributed by atoms with Crippen molar-refractivity contribution in [2.75, 3.05) is 11.9 Å². The second kappa shape index (κ2) is 5.60. The number of hydrogen-bond acceptors (Lipinski definition) is 2. The fraction of sp³-hybridized carbons (Fsp3) is 0.471. The quantitative estimate of drug-likeness (QED) is 0.868. The summed E-state index contributed by atoms with van der Waals surface area (Å²) in [7, 11) is 0. The molecule has 0 aliphatic rings. The minimum absolute atomic E-state index is 0.982. The van der Waals surface area contributed by atoms with Gasteiger partial charge in [0, 0.05) is 23.3 Å². The Morgan fingerprint density at radius 1 is 1.05 bits per heavy atom. The number of fused-ring (bicyclic) bond motifs is 1. The molecule has 0 aliphatic heterocycles. The molecule has 0 bridgehead atoms. The zero-order valence-electron chi connectivity index (χ0n) is 12.7. The van der Waals surface area contributed by atoms with Crippen LogP contribution in [-0.2, 0) is 6.42 Å². The lowest BCUT2D eigenvalue weighted by Crippen LogP contribution is -2.06. The van der Waals surface area contributed by atoms with Crippen molar-refractivity contribution in [3.63, 3.8) is 0 Å². The molecule has 2 nitrogen and oxygen atoms in total. The Bertz CT molecular complexity index is 600. The Morgan fingerprint density at radius 3 is 2.42 bits per heavy atom. The zero-order valence-corrected chi connectivity index (χ0v) is 12.7. The number of anilines is 1. The van der Waals surface area contributed by atoms with Gasteiger partial charge in [-0.1, -0.05) is 26.0 Å². The third-order valence-electron chi connectivity index (χ3n) is 3.91. The van der Waals surface area contributed by atoms with Crippen LogP contribution in [0, 0.1) is 20.8 Å². The molecule has 2 aromatic rings. The maximum absolute atomic E-state index is 4.88. The standard InChI is InChI=1S/C17H24N2/c1-6-10-18-16-13(5)15(7-2)19-17-12(4)11(3)8-9-14(16)17/h8-9H,6-7,10H2,1-5H3,(H,18,19). The topological polar surface area (TPSA) is 24.9 Å². The second-order valence-corrected chi connectivity index (χ2v) is 5.24. The van der Waals surface area contributed by atoms with E-state index in [1.807, 2.05) is 0 Å². The van der Waals surface area contributed by atoms with E-state index < -0.39 is 0 Å². The number of nitrogens with zero attached hydrogens (tertiary/aromatic N) is 1. The van der Waals surface area contributed by atoms with Crippen molar-refractivity contribution in [2.45, 2.75) is 47.5 Å². The molecule has 0 fully saturated rings. The maximum Gasteiger partial charge on any atom is 0.0758 e. The predicted molar refractivity (Wildman–Crippen MR) is 84.1 cm³/mol. The molecule has 102 valence electrons. The molecule has 0 radical (unpaired) electrons. The number of rotatable bonds is 4. The molecule has 0 saturated carbocycles. The SMILES string of the molecule is CCCNc1c(C)c(CC)nc2c(C)c(C)ccc12. The monoisotopic (exact) mass is 256 g/mol. The Labute approximate surface area is 116 Å². The van der Waals surface area contributed by atoms with Crippen molar-refractivity contribution in [2.24, 2.45) is 0 Å². The van der Waals surface area contributed by atoms with E-state index in [1.165, 1.54) is 33.5 Å². The summed E-state index contributed by atoms with van der Waals surface area (Å²) in [4.78, 5) is 4.88. The fourth-order valence-corrected chi connectivity index (χ4v) is 2.53. The van der Waals surface area contributed by atoms with Crippen LogP contribution in [0.5, 0.6) is 0 Å². The first-order chi connectivity index (χ1) is 9.10. The molecule has 1 aromatic heterocycles. The van der Waals surface area contributed by atoms with Crippen molar-refractivity contribution in [1.82, 2.24) is 4.98 Å². The molecule has 0 atom stereocenters. The highest BCUT2D eigenvalue weighted by atomic mass is 14.9. The minimum atomic E-state index is 0.982. The molecule has 1 aromatic carbocycles. The lowest BCUT2D eigenvalue weighted by molar-refractivity contribution is 0.969. The van der Waals surface area contributed by atoms with Crippen molar-refractivity contribution in [3.05, 3.63) is 34.5 Å². The smallest absolute Gasteiger partial charge is 0.0758 e. The van der Waals surface area contributed by atoms with Crippen molar-refractivity contribution in [1.29, 1.82) is 0 Å². The molecule has 1 heterocycles. The van der Waals surface area contributed by atoms with E-state index in [0.717, 1.165) is 24.9 Å². The first-order valence-corrected chi connectivity index (χ1v) is 7.23. The number of aromatic nitrogens is 1. The predicted octanol–water partition coefficient (Wildman–Crippen LogP) is 4.54. The first kappa shape index (κ1) is 13.9. The number of benzene rings is 1. The van der Waals surface area contributed by atoms with Crippen molar-refractivity contribution >= 4 is 16.6 Å². The molecule has 2 rings (SSSR count). The molecule has 0 amide bonds. The minimum Gasteiger partial charge on any atom is -0.384 e. The fourth-order valence-electron chi connectivity index (χ4n) is 2.53. The second-order valence-electron chi connectivity index (χ2n) is 5.24.